The standard InChI is InChI=1S/C60H45N/c1-38-35-40(39-25-28-41(29-26-39)59(2,3)4)27-34-58(38)61(42-30-32-48-46-17-6-5-15-44(46)45-16-7-8-18-47(45)53(48)36-42)43-31-33-52-51-21-11-14-24-56(51)60(57(52)37-43)54-22-12-9-19-49(54)50-20-10-13-23-55(50)60/h5-37H,1-4H3. The van der Waals surface area contributed by atoms with Gasteiger partial charge in [0.15, 0.2) is 0 Å². The lowest BCUT2D eigenvalue weighted by Crippen LogP contribution is -2.26. The van der Waals surface area contributed by atoms with Gasteiger partial charge < -0.3 is 4.90 Å². The molecule has 10 aromatic carbocycles. The van der Waals surface area contributed by atoms with Crippen molar-refractivity contribution in [1.29, 1.82) is 0 Å². The molecule has 0 saturated heterocycles. The van der Waals surface area contributed by atoms with Gasteiger partial charge in [-0.15, -0.1) is 0 Å². The molecule has 1 nitrogen and oxygen atoms in total. The molecule has 61 heavy (non-hydrogen) atoms. The van der Waals surface area contributed by atoms with E-state index in [0.29, 0.717) is 0 Å². The molecule has 0 bridgehead atoms. The number of anilines is 3. The summed E-state index contributed by atoms with van der Waals surface area (Å²) in [5, 5.41) is 7.65. The Kier molecular flexibility index (Phi) is 7.69. The third-order valence-electron chi connectivity index (χ3n) is 13.7. The lowest BCUT2D eigenvalue weighted by molar-refractivity contribution is 0.590. The molecule has 0 saturated carbocycles. The molecular formula is C60H45N. The number of hydrogen-bond acceptors (Lipinski definition) is 1. The zero-order valence-corrected chi connectivity index (χ0v) is 35.0. The van der Waals surface area contributed by atoms with Crippen LogP contribution in [0.3, 0.4) is 0 Å². The topological polar surface area (TPSA) is 3.24 Å². The Hall–Kier alpha value is -7.22. The van der Waals surface area contributed by atoms with Gasteiger partial charge in [-0.1, -0.05) is 185 Å². The van der Waals surface area contributed by atoms with E-state index in [2.05, 4.69) is 233 Å². The van der Waals surface area contributed by atoms with E-state index in [1.165, 1.54) is 99.1 Å². The van der Waals surface area contributed by atoms with Crippen molar-refractivity contribution in [2.45, 2.75) is 38.5 Å². The Bertz CT molecular complexity index is 3320. The van der Waals surface area contributed by atoms with Gasteiger partial charge in [0.25, 0.3) is 0 Å². The molecule has 2 aliphatic rings. The fourth-order valence-electron chi connectivity index (χ4n) is 10.9. The average Bonchev–Trinajstić information content (AvgIpc) is 3.77. The molecular weight excluding hydrogens is 735 g/mol. The molecule has 0 fully saturated rings. The second kappa shape index (κ2) is 13.1. The van der Waals surface area contributed by atoms with Crippen LogP contribution in [0.5, 0.6) is 0 Å². The summed E-state index contributed by atoms with van der Waals surface area (Å²) in [6.07, 6.45) is 0. The Morgan fingerprint density at radius 3 is 1.34 bits per heavy atom. The van der Waals surface area contributed by atoms with Gasteiger partial charge in [0.05, 0.1) is 5.41 Å². The largest absolute Gasteiger partial charge is 0.310 e. The third kappa shape index (κ3) is 5.14. The highest BCUT2D eigenvalue weighted by Crippen LogP contribution is 2.63. The maximum Gasteiger partial charge on any atom is 0.0726 e. The first kappa shape index (κ1) is 35.7. The number of nitrogens with zero attached hydrogens (tertiary/aromatic N) is 1. The summed E-state index contributed by atoms with van der Waals surface area (Å²) in [5.74, 6) is 0. The molecule has 0 unspecified atom stereocenters. The summed E-state index contributed by atoms with van der Waals surface area (Å²) in [6, 6.07) is 75.5. The number of benzene rings is 10. The number of aryl methyl sites for hydroxylation is 1. The normalized spacial score (nSPS) is 13.4. The lowest BCUT2D eigenvalue weighted by atomic mass is 9.70. The summed E-state index contributed by atoms with van der Waals surface area (Å²) in [5.41, 5.74) is 18.8. The van der Waals surface area contributed by atoms with Crippen molar-refractivity contribution in [2.75, 3.05) is 4.90 Å². The molecule has 0 amide bonds. The second-order valence-corrected chi connectivity index (χ2v) is 18.1. The first-order valence-electron chi connectivity index (χ1n) is 21.6. The summed E-state index contributed by atoms with van der Waals surface area (Å²) < 4.78 is 0. The quantitative estimate of drug-likeness (QED) is 0.161. The predicted molar refractivity (Wildman–Crippen MR) is 259 cm³/mol. The van der Waals surface area contributed by atoms with Crippen molar-refractivity contribution >= 4 is 49.4 Å². The first-order chi connectivity index (χ1) is 29.8. The van der Waals surface area contributed by atoms with Crippen LogP contribution >= 0.6 is 0 Å². The fourth-order valence-corrected chi connectivity index (χ4v) is 10.9. The summed E-state index contributed by atoms with van der Waals surface area (Å²) in [6.45, 7) is 9.10. The SMILES string of the molecule is Cc1cc(-c2ccc(C(C)(C)C)cc2)ccc1N(c1ccc2c(c1)C1(c3ccccc3-c3ccccc31)c1ccccc1-2)c1ccc2c3ccccc3c3ccccc3c2c1. The number of rotatable bonds is 4. The minimum Gasteiger partial charge on any atom is -0.310 e. The van der Waals surface area contributed by atoms with Crippen molar-refractivity contribution in [3.05, 3.63) is 234 Å². The monoisotopic (exact) mass is 779 g/mol. The molecule has 1 spiro atoms. The summed E-state index contributed by atoms with van der Waals surface area (Å²) >= 11 is 0. The van der Waals surface area contributed by atoms with Gasteiger partial charge in [-0.2, -0.15) is 0 Å². The fraction of sp³-hybridized carbons (Fsp3) is 0.100. The Labute approximate surface area is 358 Å². The zero-order chi connectivity index (χ0) is 41.0. The van der Waals surface area contributed by atoms with Crippen LogP contribution in [0.2, 0.25) is 0 Å². The molecule has 0 radical (unpaired) electrons. The van der Waals surface area contributed by atoms with E-state index in [-0.39, 0.29) is 5.41 Å². The Morgan fingerprint density at radius 1 is 0.361 bits per heavy atom. The van der Waals surface area contributed by atoms with Crippen molar-refractivity contribution in [3.63, 3.8) is 0 Å². The first-order valence-corrected chi connectivity index (χ1v) is 21.6. The van der Waals surface area contributed by atoms with Crippen LogP contribution in [0.15, 0.2) is 200 Å². The highest BCUT2D eigenvalue weighted by molar-refractivity contribution is 6.25. The van der Waals surface area contributed by atoms with Gasteiger partial charge in [0.2, 0.25) is 0 Å². The maximum absolute atomic E-state index is 2.51. The Morgan fingerprint density at radius 2 is 0.803 bits per heavy atom. The highest BCUT2D eigenvalue weighted by atomic mass is 15.1. The molecule has 0 heterocycles. The molecule has 1 heteroatoms. The predicted octanol–water partition coefficient (Wildman–Crippen LogP) is 16.2. The van der Waals surface area contributed by atoms with Crippen molar-refractivity contribution in [3.8, 4) is 33.4 Å². The lowest BCUT2D eigenvalue weighted by Gasteiger charge is -2.32. The van der Waals surface area contributed by atoms with Gasteiger partial charge in [0, 0.05) is 17.1 Å². The minimum atomic E-state index is -0.433. The average molecular weight is 780 g/mol. The van der Waals surface area contributed by atoms with Crippen LogP contribution < -0.4 is 4.90 Å². The highest BCUT2D eigenvalue weighted by Gasteiger charge is 2.51. The van der Waals surface area contributed by atoms with E-state index < -0.39 is 5.41 Å². The molecule has 2 aliphatic carbocycles. The third-order valence-corrected chi connectivity index (χ3v) is 13.7. The van der Waals surface area contributed by atoms with Gasteiger partial charge in [0.1, 0.15) is 0 Å². The van der Waals surface area contributed by atoms with E-state index in [0.717, 1.165) is 17.1 Å². The minimum absolute atomic E-state index is 0.106. The van der Waals surface area contributed by atoms with Crippen LogP contribution in [0.4, 0.5) is 17.1 Å². The van der Waals surface area contributed by atoms with E-state index in [1.807, 2.05) is 0 Å². The molecule has 0 aromatic heterocycles. The van der Waals surface area contributed by atoms with Gasteiger partial charge in [-0.25, -0.2) is 0 Å². The van der Waals surface area contributed by atoms with E-state index in [1.54, 1.807) is 0 Å². The van der Waals surface area contributed by atoms with Gasteiger partial charge in [-0.3, -0.25) is 0 Å². The molecule has 12 rings (SSSR count). The van der Waals surface area contributed by atoms with Crippen LogP contribution in [0, 0.1) is 6.92 Å². The van der Waals surface area contributed by atoms with E-state index >= 15 is 0 Å². The van der Waals surface area contributed by atoms with Crippen LogP contribution in [0.25, 0.3) is 65.7 Å². The van der Waals surface area contributed by atoms with Gasteiger partial charge in [-0.05, 0) is 148 Å². The molecule has 0 N–H and O–H groups in total. The van der Waals surface area contributed by atoms with Crippen LogP contribution in [-0.4, -0.2) is 0 Å². The number of fused-ring (bicyclic) bond motifs is 16. The number of hydrogen-bond donors (Lipinski definition) is 0. The summed E-state index contributed by atoms with van der Waals surface area (Å²) in [4.78, 5) is 2.51. The zero-order valence-electron chi connectivity index (χ0n) is 35.0. The van der Waals surface area contributed by atoms with E-state index in [4.69, 9.17) is 0 Å². The van der Waals surface area contributed by atoms with Crippen molar-refractivity contribution < 1.29 is 0 Å². The van der Waals surface area contributed by atoms with E-state index in [9.17, 15) is 0 Å². The molecule has 10 aromatic rings. The Balaban J connectivity index is 1.11. The van der Waals surface area contributed by atoms with Crippen LogP contribution in [0.1, 0.15) is 54.2 Å². The molecule has 0 aliphatic heterocycles. The maximum atomic E-state index is 2.51. The smallest absolute Gasteiger partial charge is 0.0726 e. The molecule has 0 atom stereocenters. The second-order valence-electron chi connectivity index (χ2n) is 18.1. The van der Waals surface area contributed by atoms with Gasteiger partial charge >= 0.3 is 0 Å². The molecule has 290 valence electrons. The van der Waals surface area contributed by atoms with Crippen molar-refractivity contribution in [2.24, 2.45) is 0 Å². The summed E-state index contributed by atoms with van der Waals surface area (Å²) in [7, 11) is 0. The van der Waals surface area contributed by atoms with Crippen molar-refractivity contribution in [1.82, 2.24) is 0 Å². The van der Waals surface area contributed by atoms with Crippen LogP contribution in [-0.2, 0) is 10.8 Å².